The highest BCUT2D eigenvalue weighted by Gasteiger charge is 2.19. The van der Waals surface area contributed by atoms with Gasteiger partial charge < -0.3 is 5.73 Å². The van der Waals surface area contributed by atoms with E-state index in [9.17, 15) is 8.42 Å². The van der Waals surface area contributed by atoms with Crippen LogP contribution in [0.2, 0.25) is 0 Å². The molecule has 0 aliphatic carbocycles. The van der Waals surface area contributed by atoms with Gasteiger partial charge in [-0.2, -0.15) is 11.8 Å². The van der Waals surface area contributed by atoms with Crippen LogP contribution in [0.25, 0.3) is 0 Å². The van der Waals surface area contributed by atoms with Crippen molar-refractivity contribution in [1.29, 1.82) is 0 Å². The van der Waals surface area contributed by atoms with Gasteiger partial charge in [-0.05, 0) is 43.2 Å². The van der Waals surface area contributed by atoms with Gasteiger partial charge in [0.05, 0.1) is 4.90 Å². The largest absolute Gasteiger partial charge is 0.324 e. The quantitative estimate of drug-likeness (QED) is 0.874. The fraction of sp³-hybridized carbons (Fsp3) is 0.571. The minimum absolute atomic E-state index is 0.168. The van der Waals surface area contributed by atoms with E-state index in [4.69, 9.17) is 5.73 Å². The highest BCUT2D eigenvalue weighted by atomic mass is 32.2. The van der Waals surface area contributed by atoms with Gasteiger partial charge in [-0.25, -0.2) is 13.1 Å². The normalized spacial score (nSPS) is 21.6. The zero-order chi connectivity index (χ0) is 14.6. The van der Waals surface area contributed by atoms with Crippen LogP contribution in [0.4, 0.5) is 0 Å². The lowest BCUT2D eigenvalue weighted by Gasteiger charge is -2.21. The van der Waals surface area contributed by atoms with E-state index in [1.807, 2.05) is 24.8 Å². The third-order valence-corrected chi connectivity index (χ3v) is 6.29. The van der Waals surface area contributed by atoms with Gasteiger partial charge in [0.15, 0.2) is 0 Å². The van der Waals surface area contributed by atoms with Gasteiger partial charge in [-0.1, -0.05) is 18.6 Å². The molecule has 0 bridgehead atoms. The Morgan fingerprint density at radius 2 is 2.25 bits per heavy atom. The van der Waals surface area contributed by atoms with Crippen LogP contribution in [0.15, 0.2) is 29.2 Å². The van der Waals surface area contributed by atoms with E-state index in [-0.39, 0.29) is 6.04 Å². The zero-order valence-electron chi connectivity index (χ0n) is 11.7. The van der Waals surface area contributed by atoms with Crippen molar-refractivity contribution in [2.75, 3.05) is 12.3 Å². The minimum Gasteiger partial charge on any atom is -0.324 e. The predicted octanol–water partition coefficient (Wildman–Crippen LogP) is 2.27. The molecule has 3 N–H and O–H groups in total. The Balaban J connectivity index is 2.03. The number of nitrogens with two attached hydrogens (primary N) is 1. The molecule has 1 aliphatic rings. The van der Waals surface area contributed by atoms with Gasteiger partial charge in [0.2, 0.25) is 10.0 Å². The Morgan fingerprint density at radius 3 is 2.90 bits per heavy atom. The summed E-state index contributed by atoms with van der Waals surface area (Å²) in [4.78, 5) is 0.299. The number of thioether (sulfide) groups is 1. The van der Waals surface area contributed by atoms with Crippen molar-refractivity contribution in [2.24, 2.45) is 5.73 Å². The summed E-state index contributed by atoms with van der Waals surface area (Å²) in [6.45, 7) is 2.35. The Bertz CT molecular complexity index is 538. The fourth-order valence-electron chi connectivity index (χ4n) is 2.22. The van der Waals surface area contributed by atoms with Crippen molar-refractivity contribution < 1.29 is 8.42 Å². The van der Waals surface area contributed by atoms with Crippen LogP contribution < -0.4 is 10.5 Å². The number of nitrogens with one attached hydrogen (secondary N) is 1. The molecule has 1 heterocycles. The molecule has 6 heteroatoms. The molecule has 20 heavy (non-hydrogen) atoms. The maximum absolute atomic E-state index is 12.3. The molecule has 1 aliphatic heterocycles. The topological polar surface area (TPSA) is 72.2 Å². The van der Waals surface area contributed by atoms with Crippen LogP contribution in [-0.2, 0) is 10.0 Å². The summed E-state index contributed by atoms with van der Waals surface area (Å²) < 4.78 is 27.3. The standard InChI is InChI=1S/C14H22N2O2S2/c1-11(15)12-5-4-7-14(9-12)20(17,18)16-10-13-6-2-3-8-19-13/h4-5,7,9,11,13,16H,2-3,6,8,10,15H2,1H3. The SMILES string of the molecule is CC(N)c1cccc(S(=O)(=O)NCC2CCCCS2)c1. The van der Waals surface area contributed by atoms with Gasteiger partial charge in [0, 0.05) is 17.8 Å². The summed E-state index contributed by atoms with van der Waals surface area (Å²) in [7, 11) is -3.43. The Kier molecular flexibility index (Phi) is 5.49. The molecule has 1 aromatic rings. The monoisotopic (exact) mass is 314 g/mol. The van der Waals surface area contributed by atoms with Gasteiger partial charge >= 0.3 is 0 Å². The number of hydrogen-bond donors (Lipinski definition) is 2. The van der Waals surface area contributed by atoms with Gasteiger partial charge in [0.1, 0.15) is 0 Å². The Morgan fingerprint density at radius 1 is 1.45 bits per heavy atom. The van der Waals surface area contributed by atoms with Gasteiger partial charge in [0.25, 0.3) is 0 Å². The van der Waals surface area contributed by atoms with Crippen LogP contribution in [0, 0.1) is 0 Å². The van der Waals surface area contributed by atoms with E-state index in [1.165, 1.54) is 12.8 Å². The van der Waals surface area contributed by atoms with Crippen molar-refractivity contribution >= 4 is 21.8 Å². The van der Waals surface area contributed by atoms with Crippen molar-refractivity contribution in [3.05, 3.63) is 29.8 Å². The molecule has 0 radical (unpaired) electrons. The Labute approximate surface area is 125 Å². The van der Waals surface area contributed by atoms with E-state index in [2.05, 4.69) is 4.72 Å². The van der Waals surface area contributed by atoms with Crippen LogP contribution in [0.1, 0.15) is 37.8 Å². The first-order chi connectivity index (χ1) is 9.49. The van der Waals surface area contributed by atoms with E-state index in [1.54, 1.807) is 18.2 Å². The molecule has 1 saturated heterocycles. The van der Waals surface area contributed by atoms with E-state index in [0.29, 0.717) is 16.7 Å². The van der Waals surface area contributed by atoms with Crippen molar-refractivity contribution in [3.8, 4) is 0 Å². The van der Waals surface area contributed by atoms with E-state index in [0.717, 1.165) is 17.7 Å². The summed E-state index contributed by atoms with van der Waals surface area (Å²) in [5.74, 6) is 1.13. The molecule has 0 saturated carbocycles. The smallest absolute Gasteiger partial charge is 0.240 e. The van der Waals surface area contributed by atoms with Crippen molar-refractivity contribution in [1.82, 2.24) is 4.72 Å². The van der Waals surface area contributed by atoms with Gasteiger partial charge in [-0.3, -0.25) is 0 Å². The fourth-order valence-corrected chi connectivity index (χ4v) is 4.70. The molecule has 2 rings (SSSR count). The molecular weight excluding hydrogens is 292 g/mol. The van der Waals surface area contributed by atoms with Crippen molar-refractivity contribution in [3.63, 3.8) is 0 Å². The second-order valence-electron chi connectivity index (χ2n) is 5.20. The minimum atomic E-state index is -3.43. The number of sulfonamides is 1. The summed E-state index contributed by atoms with van der Waals surface area (Å²) in [5.41, 5.74) is 6.63. The molecular formula is C14H22N2O2S2. The first-order valence-electron chi connectivity index (χ1n) is 6.96. The zero-order valence-corrected chi connectivity index (χ0v) is 13.3. The summed E-state index contributed by atoms with van der Waals surface area (Å²) >= 11 is 1.86. The summed E-state index contributed by atoms with van der Waals surface area (Å²) in [6, 6.07) is 6.69. The molecule has 2 atom stereocenters. The summed E-state index contributed by atoms with van der Waals surface area (Å²) in [6.07, 6.45) is 3.52. The lowest BCUT2D eigenvalue weighted by Crippen LogP contribution is -2.32. The van der Waals surface area contributed by atoms with Crippen molar-refractivity contribution in [2.45, 2.75) is 42.4 Å². The van der Waals surface area contributed by atoms with Gasteiger partial charge in [-0.15, -0.1) is 0 Å². The van der Waals surface area contributed by atoms with Crippen LogP contribution in [0.5, 0.6) is 0 Å². The third kappa shape index (κ3) is 4.22. The lowest BCUT2D eigenvalue weighted by atomic mass is 10.1. The molecule has 0 amide bonds. The second kappa shape index (κ2) is 6.93. The highest BCUT2D eigenvalue weighted by Crippen LogP contribution is 2.25. The molecule has 2 unspecified atom stereocenters. The van der Waals surface area contributed by atoms with E-state index < -0.39 is 10.0 Å². The highest BCUT2D eigenvalue weighted by molar-refractivity contribution is 8.00. The average Bonchev–Trinajstić information content (AvgIpc) is 2.46. The lowest BCUT2D eigenvalue weighted by molar-refractivity contribution is 0.573. The van der Waals surface area contributed by atoms with Crippen LogP contribution in [0.3, 0.4) is 0 Å². The number of rotatable bonds is 5. The number of hydrogen-bond acceptors (Lipinski definition) is 4. The first kappa shape index (κ1) is 15.8. The van der Waals surface area contributed by atoms with E-state index >= 15 is 0 Å². The number of benzene rings is 1. The van der Waals surface area contributed by atoms with Crippen LogP contribution >= 0.6 is 11.8 Å². The first-order valence-corrected chi connectivity index (χ1v) is 9.49. The predicted molar refractivity (Wildman–Crippen MR) is 84.3 cm³/mol. The molecule has 0 aromatic heterocycles. The average molecular weight is 314 g/mol. The van der Waals surface area contributed by atoms with Crippen LogP contribution in [-0.4, -0.2) is 26.0 Å². The maximum atomic E-state index is 12.3. The maximum Gasteiger partial charge on any atom is 0.240 e. The molecule has 112 valence electrons. The molecule has 4 nitrogen and oxygen atoms in total. The molecule has 1 aromatic carbocycles. The molecule has 1 fully saturated rings. The second-order valence-corrected chi connectivity index (χ2v) is 8.38. The third-order valence-electron chi connectivity index (χ3n) is 3.47. The molecule has 0 spiro atoms. The summed E-state index contributed by atoms with van der Waals surface area (Å²) in [5, 5.41) is 0.398. The Hall–Kier alpha value is -0.560.